The molecule has 14 aromatic carbocycles. The Kier molecular flexibility index (Phi) is 23.9. The molecule has 22 nitrogen and oxygen atoms in total. The van der Waals surface area contributed by atoms with Crippen LogP contribution in [0.2, 0.25) is 10.6 Å². The van der Waals surface area contributed by atoms with Crippen molar-refractivity contribution >= 4 is 175 Å². The Morgan fingerprint density at radius 2 is 0.707 bits per heavy atom. The van der Waals surface area contributed by atoms with E-state index in [4.69, 9.17) is 73.1 Å². The van der Waals surface area contributed by atoms with E-state index in [0.29, 0.717) is 79.1 Å². The first-order chi connectivity index (χ1) is 68.5. The van der Waals surface area contributed by atoms with Gasteiger partial charge in [0.2, 0.25) is 22.5 Å². The Labute approximate surface area is 827 Å². The van der Waals surface area contributed by atoms with E-state index in [0.717, 1.165) is 109 Å². The molecule has 0 spiro atoms. The van der Waals surface area contributed by atoms with Gasteiger partial charge in [-0.1, -0.05) is 301 Å². The van der Waals surface area contributed by atoms with Crippen molar-refractivity contribution in [2.75, 3.05) is 10.2 Å². The van der Waals surface area contributed by atoms with E-state index in [9.17, 15) is 0 Å². The summed E-state index contributed by atoms with van der Waals surface area (Å²) in [6.45, 7) is 9.21. The van der Waals surface area contributed by atoms with Crippen molar-refractivity contribution in [2.24, 2.45) is 0 Å². The number of benzene rings is 14. The average Bonchev–Trinajstić information content (AvgIpc) is 1.40. The largest absolute Gasteiger partial charge is 0.488 e. The minimum Gasteiger partial charge on any atom is -0.423 e. The molecular weight excluding hydrogens is 1890 g/mol. The number of aromatic nitrogens is 18. The first-order valence-corrected chi connectivity index (χ1v) is 47.1. The minimum absolute atomic E-state index is 0.0102. The molecule has 0 amide bonds. The van der Waals surface area contributed by atoms with Crippen molar-refractivity contribution < 1.29 is 10.0 Å². The fourth-order valence-corrected chi connectivity index (χ4v) is 19.7. The van der Waals surface area contributed by atoms with Crippen molar-refractivity contribution in [3.05, 3.63) is 426 Å². The summed E-state index contributed by atoms with van der Waals surface area (Å²) in [6.07, 6.45) is 13.2. The fourth-order valence-electron chi connectivity index (χ4n) is 18.6. The fraction of sp³-hybridized carbons (Fsp3) is 0.0526. The van der Waals surface area contributed by atoms with Gasteiger partial charge in [0, 0.05) is 121 Å². The van der Waals surface area contributed by atoms with Gasteiger partial charge in [-0.05, 0) is 185 Å². The molecular formula is C114H80BCl2IN20O2. The minimum atomic E-state index is -1.41. The zero-order valence-electron chi connectivity index (χ0n) is 75.6. The lowest BCUT2D eigenvalue weighted by Gasteiger charge is -2.41. The summed E-state index contributed by atoms with van der Waals surface area (Å²) in [6, 6.07) is 116. The third-order valence-electron chi connectivity index (χ3n) is 25.3. The number of H-pyrrole nitrogens is 1. The summed E-state index contributed by atoms with van der Waals surface area (Å²) in [5.74, 6) is 0.969. The van der Waals surface area contributed by atoms with Gasteiger partial charge >= 0.3 is 7.12 Å². The van der Waals surface area contributed by atoms with Crippen LogP contribution in [-0.4, -0.2) is 106 Å². The van der Waals surface area contributed by atoms with E-state index in [2.05, 4.69) is 330 Å². The molecule has 24 aromatic rings. The highest BCUT2D eigenvalue weighted by Gasteiger charge is 2.40. The molecule has 0 aliphatic carbocycles. The molecule has 0 radical (unpaired) electrons. The first kappa shape index (κ1) is 88.5. The third kappa shape index (κ3) is 17.2. The Morgan fingerprint density at radius 3 is 1.27 bits per heavy atom. The van der Waals surface area contributed by atoms with Crippen LogP contribution in [0.1, 0.15) is 49.9 Å². The highest BCUT2D eigenvalue weighted by Crippen LogP contribution is 2.55. The van der Waals surface area contributed by atoms with Crippen molar-refractivity contribution in [3.8, 4) is 84.2 Å². The van der Waals surface area contributed by atoms with Crippen LogP contribution in [-0.2, 0) is 10.8 Å². The Balaban J connectivity index is 0.000000124. The van der Waals surface area contributed by atoms with Crippen LogP contribution in [0.15, 0.2) is 389 Å². The molecule has 26 rings (SSSR count). The van der Waals surface area contributed by atoms with Gasteiger partial charge in [-0.3, -0.25) is 9.47 Å². The lowest BCUT2D eigenvalue weighted by atomic mass is 9.73. The summed E-state index contributed by atoms with van der Waals surface area (Å²) < 4.78 is 2.87. The number of hydrogen-bond donors (Lipinski definition) is 4. The Hall–Kier alpha value is -16.7. The summed E-state index contributed by atoms with van der Waals surface area (Å²) >= 11 is 13.7. The predicted molar refractivity (Wildman–Crippen MR) is 570 cm³/mol. The number of aromatic amines is 1. The van der Waals surface area contributed by atoms with Crippen molar-refractivity contribution in [2.45, 2.75) is 38.5 Å². The predicted octanol–water partition coefficient (Wildman–Crippen LogP) is 25.8. The van der Waals surface area contributed by atoms with Crippen LogP contribution in [0.5, 0.6) is 0 Å². The van der Waals surface area contributed by atoms with Crippen LogP contribution >= 0.6 is 45.8 Å². The highest BCUT2D eigenvalue weighted by atomic mass is 127. The van der Waals surface area contributed by atoms with Gasteiger partial charge in [0.25, 0.3) is 0 Å². The third-order valence-corrected chi connectivity index (χ3v) is 26.4. The molecule has 140 heavy (non-hydrogen) atoms. The molecule has 672 valence electrons. The number of halogens is 3. The number of nitrogens with zero attached hydrogens (tertiary/aromatic N) is 18. The lowest BCUT2D eigenvalue weighted by Crippen LogP contribution is -2.31. The smallest absolute Gasteiger partial charge is 0.423 e. The molecule has 0 atom stereocenters. The maximum Gasteiger partial charge on any atom is 0.488 e. The van der Waals surface area contributed by atoms with E-state index >= 15 is 0 Å². The first-order valence-electron chi connectivity index (χ1n) is 45.3. The molecule has 0 unspecified atom stereocenters. The molecule has 12 heterocycles. The maximum atomic E-state index is 9.05. The van der Waals surface area contributed by atoms with Crippen LogP contribution in [0.4, 0.5) is 28.7 Å². The summed E-state index contributed by atoms with van der Waals surface area (Å²) in [5.41, 5.74) is 31.8. The zero-order valence-corrected chi connectivity index (χ0v) is 79.3. The second-order valence-electron chi connectivity index (χ2n) is 34.6. The molecule has 2 aliphatic heterocycles. The maximum absolute atomic E-state index is 9.05. The molecule has 0 saturated carbocycles. The lowest BCUT2D eigenvalue weighted by molar-refractivity contribution is 0.426. The summed E-state index contributed by atoms with van der Waals surface area (Å²) in [7, 11) is -1.41. The molecule has 10 aromatic heterocycles. The van der Waals surface area contributed by atoms with Crippen molar-refractivity contribution in [1.82, 2.24) is 89.3 Å². The second-order valence-corrected chi connectivity index (χ2v) is 36.3. The van der Waals surface area contributed by atoms with Crippen LogP contribution in [0.3, 0.4) is 0 Å². The SMILES string of the molecule is CC1(C)c2ccccc2N(c2nc(-c3cccc(-c4ccccc4)c3)c3nccnc3n2)c2cc3c(cc21)c1ccccc1n3-c1nc(-c2cccc(-c3ccccc3)c2)c2nccnc2n1.CC1(C)c2ccccc2Nc2cc3[nH]c4ccccc4c3cc21.Clc1nc(-c2cccc(-c3ccccc3)c2)c2nccnc2n1.Clc1nc(I)c2nccnc2n1.OB(O)c1cccc(-c2ccccc2)c1. The molecule has 0 saturated heterocycles. The van der Waals surface area contributed by atoms with Crippen molar-refractivity contribution in [3.63, 3.8) is 0 Å². The standard InChI is InChI=1S/C57H38N10.C21H18N2.C18H11ClN4.C12H11BO2.C6H2ClIN4/c1-57(2)43-24-10-12-26-46(43)67(56-63-50(52-54(65-56)61-30-28-59-52)40-22-14-20-38(32-40)36-17-7-4-8-18-36)48-34-47-42(33-44(48)57)41-23-9-11-25-45(41)66(47)55-62-49(51-53(64-55)60-29-27-58-51)39-21-13-19-37(31-39)35-15-5-3-6-16-35;1-21(2)15-8-4-6-10-18(15)23-20-12-19-14(11-16(20)21)13-7-3-5-9-17(13)22-19;19-18-22-15(16-17(23-18)21-10-9-20-16)14-8-4-7-13(11-14)12-5-2-1-3-6-12;14-13(15)12-8-4-7-11(9-12)10-5-2-1-3-6-10;7-6-11-4(8)3-5(12-6)10-2-1-9-3/h3-34H,1-2H3;3-12,22-23H,1-2H3;1-11H;1-9,14-15H;1-2H. The summed E-state index contributed by atoms with van der Waals surface area (Å²) in [5, 5.41) is 26.8. The second kappa shape index (κ2) is 37.7. The molecule has 26 heteroatoms. The highest BCUT2D eigenvalue weighted by molar-refractivity contribution is 14.1. The van der Waals surface area contributed by atoms with E-state index < -0.39 is 12.5 Å². The number of nitrogens with one attached hydrogen (secondary N) is 2. The van der Waals surface area contributed by atoms with Gasteiger partial charge in [0.1, 0.15) is 42.8 Å². The van der Waals surface area contributed by atoms with Gasteiger partial charge < -0.3 is 20.3 Å². The van der Waals surface area contributed by atoms with Crippen LogP contribution < -0.4 is 15.7 Å². The Morgan fingerprint density at radius 1 is 0.293 bits per heavy atom. The summed E-state index contributed by atoms with van der Waals surface area (Å²) in [4.78, 5) is 79.1. The molecule has 0 fully saturated rings. The van der Waals surface area contributed by atoms with E-state index in [-0.39, 0.29) is 16.0 Å². The Bertz CT molecular complexity index is 8880. The number of anilines is 5. The van der Waals surface area contributed by atoms with Gasteiger partial charge in [-0.25, -0.2) is 59.8 Å². The van der Waals surface area contributed by atoms with E-state index in [1.54, 1.807) is 61.7 Å². The average molecular weight is 1970 g/mol. The van der Waals surface area contributed by atoms with Gasteiger partial charge in [-0.2, -0.15) is 19.9 Å². The molecule has 2 aliphatic rings. The van der Waals surface area contributed by atoms with Gasteiger partial charge in [-0.15, -0.1) is 0 Å². The van der Waals surface area contributed by atoms with Gasteiger partial charge in [0.15, 0.2) is 22.6 Å². The monoisotopic (exact) mass is 1970 g/mol. The van der Waals surface area contributed by atoms with Crippen LogP contribution in [0.25, 0.3) is 172 Å². The normalized spacial score (nSPS) is 12.5. The van der Waals surface area contributed by atoms with Crippen LogP contribution in [0, 0.1) is 3.70 Å². The number of hydrogen-bond acceptors (Lipinski definition) is 20. The number of fused-ring (bicyclic) bond motifs is 14. The topological polar surface area (TPSA) is 283 Å². The zero-order chi connectivity index (χ0) is 95.1. The quantitative estimate of drug-likeness (QED) is 0.0428. The molecule has 0 bridgehead atoms. The van der Waals surface area contributed by atoms with E-state index in [1.165, 1.54) is 44.3 Å². The van der Waals surface area contributed by atoms with E-state index in [1.807, 2.05) is 108 Å². The number of rotatable bonds is 10. The number of para-hydroxylation sites is 4. The van der Waals surface area contributed by atoms with Gasteiger partial charge in [0.05, 0.1) is 22.4 Å². The molecule has 4 N–H and O–H groups in total. The van der Waals surface area contributed by atoms with Crippen molar-refractivity contribution in [1.29, 1.82) is 0 Å².